The number of ether oxygens (including phenoxy) is 1. The van der Waals surface area contributed by atoms with Gasteiger partial charge in [-0.25, -0.2) is 4.90 Å². The number of hydrogen-bond acceptors (Lipinski definition) is 6. The van der Waals surface area contributed by atoms with Crippen molar-refractivity contribution in [3.05, 3.63) is 52.5 Å². The Balaban J connectivity index is 1.48. The van der Waals surface area contributed by atoms with E-state index in [0.717, 1.165) is 18.4 Å². The Morgan fingerprint density at radius 1 is 1.12 bits per heavy atom. The minimum atomic E-state index is -1.24. The second-order valence-electron chi connectivity index (χ2n) is 9.32. The van der Waals surface area contributed by atoms with Crippen LogP contribution < -0.4 is 15.0 Å². The number of anilines is 2. The fourth-order valence-corrected chi connectivity index (χ4v) is 6.63. The first-order valence-corrected chi connectivity index (χ1v) is 11.7. The van der Waals surface area contributed by atoms with Gasteiger partial charge in [0.05, 0.1) is 23.2 Å². The Hall–Kier alpha value is -3.23. The van der Waals surface area contributed by atoms with Crippen molar-refractivity contribution in [2.45, 2.75) is 38.3 Å². The Bertz CT molecular complexity index is 1290. The van der Waals surface area contributed by atoms with Crippen LogP contribution in [0, 0.1) is 18.8 Å². The molecule has 0 bridgehead atoms. The lowest BCUT2D eigenvalue weighted by Gasteiger charge is -2.36. The number of carbonyl (C=O) groups excluding carboxylic acids is 4. The van der Waals surface area contributed by atoms with Crippen LogP contribution in [0.4, 0.5) is 11.4 Å². The van der Waals surface area contributed by atoms with Gasteiger partial charge in [0.15, 0.2) is 0 Å². The van der Waals surface area contributed by atoms with Crippen LogP contribution in [0.3, 0.4) is 0 Å². The summed E-state index contributed by atoms with van der Waals surface area (Å²) in [6.45, 7) is 3.78. The van der Waals surface area contributed by atoms with E-state index in [2.05, 4.69) is 10.2 Å². The molecule has 6 rings (SSSR count). The van der Waals surface area contributed by atoms with E-state index in [9.17, 15) is 19.2 Å². The lowest BCUT2D eigenvalue weighted by molar-refractivity contribution is -0.135. The van der Waals surface area contributed by atoms with Crippen molar-refractivity contribution in [3.8, 4) is 5.75 Å². The third-order valence-corrected chi connectivity index (χ3v) is 8.13. The average molecular weight is 480 g/mol. The van der Waals surface area contributed by atoms with Gasteiger partial charge in [-0.05, 0) is 62.2 Å². The van der Waals surface area contributed by atoms with Crippen LogP contribution in [0.5, 0.6) is 5.75 Å². The van der Waals surface area contributed by atoms with Crippen molar-refractivity contribution in [3.63, 3.8) is 0 Å². The van der Waals surface area contributed by atoms with Crippen LogP contribution >= 0.6 is 11.6 Å². The topological polar surface area (TPSA) is 96.0 Å². The highest BCUT2D eigenvalue weighted by Gasteiger charge is 2.74. The van der Waals surface area contributed by atoms with Crippen molar-refractivity contribution in [1.82, 2.24) is 4.90 Å². The van der Waals surface area contributed by atoms with E-state index < -0.39 is 23.3 Å². The summed E-state index contributed by atoms with van der Waals surface area (Å²) in [6.07, 6.45) is 1.60. The maximum Gasteiger partial charge on any atom is 0.308 e. The zero-order valence-electron chi connectivity index (χ0n) is 18.6. The number of amides is 3. The lowest BCUT2D eigenvalue weighted by atomic mass is 9.75. The smallest absolute Gasteiger partial charge is 0.308 e. The van der Waals surface area contributed by atoms with Gasteiger partial charge in [-0.3, -0.25) is 24.1 Å². The van der Waals surface area contributed by atoms with Crippen LogP contribution in [-0.4, -0.2) is 41.2 Å². The summed E-state index contributed by atoms with van der Waals surface area (Å²) in [4.78, 5) is 55.9. The molecule has 0 saturated carbocycles. The highest BCUT2D eigenvalue weighted by molar-refractivity contribution is 6.32. The fourth-order valence-electron chi connectivity index (χ4n) is 6.47. The number of halogens is 1. The molecule has 3 amide bonds. The molecule has 0 aromatic heterocycles. The molecule has 3 fully saturated rings. The summed E-state index contributed by atoms with van der Waals surface area (Å²) in [7, 11) is 0. The molecule has 1 N–H and O–H groups in total. The summed E-state index contributed by atoms with van der Waals surface area (Å²) in [5, 5.41) is 3.52. The standard InChI is InChI=1S/C25H22ClN3O5/c1-12-17(26)10-9-16-21(12)27-24(33)25(16)20-19(18-4-3-11-28(18)25)22(31)29(23(20)32)14-5-7-15(8-6-14)34-13(2)30/h5-10,18-20H,3-4,11H2,1-2H3,(H,27,33)/t18-,19+,20-,25-/m0/s1. The number of rotatable bonds is 2. The molecule has 1 spiro atoms. The van der Waals surface area contributed by atoms with Gasteiger partial charge in [0.2, 0.25) is 17.7 Å². The van der Waals surface area contributed by atoms with E-state index in [1.54, 1.807) is 30.3 Å². The normalized spacial score (nSPS) is 29.4. The molecule has 174 valence electrons. The van der Waals surface area contributed by atoms with E-state index in [1.165, 1.54) is 11.8 Å². The lowest BCUT2D eigenvalue weighted by Crippen LogP contribution is -2.54. The van der Waals surface area contributed by atoms with Crippen molar-refractivity contribution >= 4 is 46.7 Å². The molecule has 4 aliphatic heterocycles. The second kappa shape index (κ2) is 7.13. The van der Waals surface area contributed by atoms with E-state index >= 15 is 0 Å². The average Bonchev–Trinajstić information content (AvgIpc) is 3.50. The molecule has 34 heavy (non-hydrogen) atoms. The molecule has 4 heterocycles. The third-order valence-electron chi connectivity index (χ3n) is 7.72. The highest BCUT2D eigenvalue weighted by Crippen LogP contribution is 2.61. The van der Waals surface area contributed by atoms with Crippen molar-refractivity contribution in [1.29, 1.82) is 0 Å². The number of carbonyl (C=O) groups is 4. The minimum absolute atomic E-state index is 0.195. The van der Waals surface area contributed by atoms with Crippen molar-refractivity contribution in [2.75, 3.05) is 16.8 Å². The monoisotopic (exact) mass is 479 g/mol. The first-order chi connectivity index (χ1) is 16.3. The second-order valence-corrected chi connectivity index (χ2v) is 9.73. The number of nitrogens with one attached hydrogen (secondary N) is 1. The molecule has 3 saturated heterocycles. The van der Waals surface area contributed by atoms with Crippen LogP contribution in [0.2, 0.25) is 5.02 Å². The van der Waals surface area contributed by atoms with Gasteiger partial charge in [0.1, 0.15) is 11.3 Å². The fraction of sp³-hybridized carbons (Fsp3) is 0.360. The summed E-state index contributed by atoms with van der Waals surface area (Å²) in [5.74, 6) is -2.54. The van der Waals surface area contributed by atoms with Crippen LogP contribution in [0.25, 0.3) is 0 Å². The highest BCUT2D eigenvalue weighted by atomic mass is 35.5. The zero-order chi connectivity index (χ0) is 23.9. The van der Waals surface area contributed by atoms with Gasteiger partial charge in [-0.1, -0.05) is 17.7 Å². The molecule has 4 aliphatic rings. The number of imide groups is 1. The quantitative estimate of drug-likeness (QED) is 0.404. The Labute approximate surface area is 200 Å². The van der Waals surface area contributed by atoms with Crippen molar-refractivity contribution < 1.29 is 23.9 Å². The van der Waals surface area contributed by atoms with E-state index in [0.29, 0.717) is 34.3 Å². The van der Waals surface area contributed by atoms with E-state index in [-0.39, 0.29) is 23.8 Å². The van der Waals surface area contributed by atoms with Gasteiger partial charge in [-0.2, -0.15) is 0 Å². The largest absolute Gasteiger partial charge is 0.427 e. The number of benzene rings is 2. The zero-order valence-corrected chi connectivity index (χ0v) is 19.4. The van der Waals surface area contributed by atoms with E-state index in [1.807, 2.05) is 13.0 Å². The summed E-state index contributed by atoms with van der Waals surface area (Å²) in [5.41, 5.74) is 1.25. The molecule has 0 aliphatic carbocycles. The van der Waals surface area contributed by atoms with E-state index in [4.69, 9.17) is 16.3 Å². The van der Waals surface area contributed by atoms with Crippen LogP contribution in [-0.2, 0) is 24.7 Å². The maximum absolute atomic E-state index is 13.9. The first-order valence-electron chi connectivity index (χ1n) is 11.3. The summed E-state index contributed by atoms with van der Waals surface area (Å²) >= 11 is 6.33. The number of nitrogens with zero attached hydrogens (tertiary/aromatic N) is 2. The minimum Gasteiger partial charge on any atom is -0.427 e. The molecule has 8 nitrogen and oxygen atoms in total. The van der Waals surface area contributed by atoms with Gasteiger partial charge in [0, 0.05) is 23.6 Å². The maximum atomic E-state index is 13.9. The molecule has 2 aromatic carbocycles. The number of hydrogen-bond donors (Lipinski definition) is 1. The Kier molecular flexibility index (Phi) is 4.47. The Morgan fingerprint density at radius 2 is 1.85 bits per heavy atom. The van der Waals surface area contributed by atoms with Crippen LogP contribution in [0.1, 0.15) is 30.9 Å². The first kappa shape index (κ1) is 21.3. The van der Waals surface area contributed by atoms with Gasteiger partial charge >= 0.3 is 5.97 Å². The molecule has 9 heteroatoms. The van der Waals surface area contributed by atoms with Gasteiger partial charge in [-0.15, -0.1) is 0 Å². The summed E-state index contributed by atoms with van der Waals surface area (Å²) in [6, 6.07) is 9.64. The number of esters is 1. The molecule has 0 unspecified atom stereocenters. The van der Waals surface area contributed by atoms with Gasteiger partial charge in [0.25, 0.3) is 0 Å². The van der Waals surface area contributed by atoms with Crippen molar-refractivity contribution in [2.24, 2.45) is 11.8 Å². The molecular weight excluding hydrogens is 458 g/mol. The molecule has 4 atom stereocenters. The SMILES string of the molecule is CC(=O)Oc1ccc(N2C(=O)[C@H]3[C@@H](C2=O)[C@@]2(C(=O)Nc4c2ccc(Cl)c4C)N2CCC[C@@H]32)cc1. The molecule has 2 aromatic rings. The van der Waals surface area contributed by atoms with Crippen LogP contribution in [0.15, 0.2) is 36.4 Å². The summed E-state index contributed by atoms with van der Waals surface area (Å²) < 4.78 is 5.07. The predicted octanol–water partition coefficient (Wildman–Crippen LogP) is 3.00. The Morgan fingerprint density at radius 3 is 2.56 bits per heavy atom. The third kappa shape index (κ3) is 2.52. The number of fused-ring (bicyclic) bond motifs is 7. The predicted molar refractivity (Wildman–Crippen MR) is 123 cm³/mol. The molecule has 0 radical (unpaired) electrons. The molecular formula is C25H22ClN3O5. The van der Waals surface area contributed by atoms with Gasteiger partial charge < -0.3 is 10.1 Å².